The maximum Gasteiger partial charge on any atom is 0.182 e. The summed E-state index contributed by atoms with van der Waals surface area (Å²) in [4.78, 5) is 19.7. The number of benzene rings is 3. The van der Waals surface area contributed by atoms with Gasteiger partial charge in [0, 0.05) is 33.9 Å². The fourth-order valence-electron chi connectivity index (χ4n) is 6.71. The summed E-state index contributed by atoms with van der Waals surface area (Å²) in [5.41, 5.74) is 8.25. The van der Waals surface area contributed by atoms with Gasteiger partial charge in [0.05, 0.1) is 5.92 Å². The fraction of sp³-hybridized carbons (Fsp3) is 0.167. The molecule has 1 aliphatic heterocycles. The highest BCUT2D eigenvalue weighted by molar-refractivity contribution is 5.89. The number of ether oxygens (including phenoxy) is 1. The Morgan fingerprint density at radius 2 is 1.32 bits per heavy atom. The van der Waals surface area contributed by atoms with Crippen molar-refractivity contribution < 1.29 is 4.74 Å². The van der Waals surface area contributed by atoms with E-state index in [9.17, 15) is 0 Å². The molecule has 2 aromatic heterocycles. The van der Waals surface area contributed by atoms with Crippen molar-refractivity contribution in [3.8, 4) is 40.0 Å². The molecule has 8 rings (SSSR count). The first-order valence-corrected chi connectivity index (χ1v) is 14.0. The molecule has 0 bridgehead atoms. The van der Waals surface area contributed by atoms with Gasteiger partial charge in [-0.2, -0.15) is 0 Å². The van der Waals surface area contributed by atoms with E-state index in [1.165, 1.54) is 27.8 Å². The van der Waals surface area contributed by atoms with Crippen LogP contribution in [-0.4, -0.2) is 25.5 Å². The van der Waals surface area contributed by atoms with Crippen LogP contribution >= 0.6 is 0 Å². The number of hydrogen-bond donors (Lipinski definition) is 0. The number of hydrogen-bond acceptors (Lipinski definition) is 5. The van der Waals surface area contributed by atoms with Crippen LogP contribution in [0.2, 0.25) is 0 Å². The summed E-state index contributed by atoms with van der Waals surface area (Å²) in [5, 5.41) is 0. The average molecular weight is 533 g/mol. The smallest absolute Gasteiger partial charge is 0.182 e. The fourth-order valence-corrected chi connectivity index (χ4v) is 6.71. The predicted octanol–water partition coefficient (Wildman–Crippen LogP) is 7.82. The Kier molecular flexibility index (Phi) is 4.99. The van der Waals surface area contributed by atoms with Crippen LogP contribution < -0.4 is 4.74 Å². The Bertz CT molecular complexity index is 1850. The number of aromatic nitrogens is 4. The highest BCUT2D eigenvalue weighted by Crippen LogP contribution is 2.61. The van der Waals surface area contributed by atoms with Crippen molar-refractivity contribution in [1.29, 1.82) is 0 Å². The van der Waals surface area contributed by atoms with Crippen molar-refractivity contribution in [3.63, 3.8) is 0 Å². The van der Waals surface area contributed by atoms with Crippen LogP contribution in [0.25, 0.3) is 39.9 Å². The zero-order chi connectivity index (χ0) is 27.8. The summed E-state index contributed by atoms with van der Waals surface area (Å²) in [5.74, 6) is 2.90. The van der Waals surface area contributed by atoms with Crippen molar-refractivity contribution in [2.75, 3.05) is 0 Å². The number of rotatable bonds is 3. The standard InChI is InChI=1S/C36H28N4O/c1-35(2)26-18-19-36(3)31(24-16-10-11-17-29(24)41-36)30(26)25-21-37-28(20-27(25)35)34-39-32(22-12-6-4-7-13-22)38-33(40-34)23-14-8-5-9-15-23/h4-21,31H,1-3H3. The van der Waals surface area contributed by atoms with Crippen molar-refractivity contribution in [3.05, 3.63) is 132 Å². The average Bonchev–Trinajstić information content (AvgIpc) is 3.44. The molecule has 0 saturated carbocycles. The van der Waals surface area contributed by atoms with Crippen LogP contribution in [0.4, 0.5) is 0 Å². The van der Waals surface area contributed by atoms with Gasteiger partial charge in [0.25, 0.3) is 0 Å². The molecule has 2 aliphatic carbocycles. The van der Waals surface area contributed by atoms with E-state index in [0.717, 1.165) is 22.6 Å². The van der Waals surface area contributed by atoms with Crippen molar-refractivity contribution in [1.82, 2.24) is 19.9 Å². The van der Waals surface area contributed by atoms with Gasteiger partial charge in [-0.1, -0.05) is 98.8 Å². The summed E-state index contributed by atoms with van der Waals surface area (Å²) >= 11 is 0. The van der Waals surface area contributed by atoms with Crippen LogP contribution in [0.15, 0.2) is 115 Å². The van der Waals surface area contributed by atoms with E-state index in [-0.39, 0.29) is 11.3 Å². The SMILES string of the molecule is CC1(C)C2=C(c3cnc(-c4nc(-c5ccccc5)nc(-c5ccccc5)n4)cc31)C1c3ccccc3OC1(C)C=C2. The molecule has 3 aliphatic rings. The summed E-state index contributed by atoms with van der Waals surface area (Å²) in [6, 6.07) is 30.7. The largest absolute Gasteiger partial charge is 0.482 e. The molecule has 5 heteroatoms. The summed E-state index contributed by atoms with van der Waals surface area (Å²) in [6.07, 6.45) is 6.52. The molecule has 2 atom stereocenters. The second-order valence-electron chi connectivity index (χ2n) is 11.7. The lowest BCUT2D eigenvalue weighted by molar-refractivity contribution is 0.158. The maximum absolute atomic E-state index is 6.52. The van der Waals surface area contributed by atoms with Gasteiger partial charge in [-0.15, -0.1) is 0 Å². The van der Waals surface area contributed by atoms with Gasteiger partial charge in [-0.05, 0) is 41.8 Å². The van der Waals surface area contributed by atoms with Gasteiger partial charge in [-0.25, -0.2) is 15.0 Å². The number of pyridine rings is 1. The predicted molar refractivity (Wildman–Crippen MR) is 161 cm³/mol. The molecule has 2 unspecified atom stereocenters. The number of allylic oxidation sites excluding steroid dienone is 2. The number of fused-ring (bicyclic) bond motifs is 6. The van der Waals surface area contributed by atoms with Gasteiger partial charge in [-0.3, -0.25) is 4.98 Å². The topological polar surface area (TPSA) is 60.8 Å². The molecule has 5 nitrogen and oxygen atoms in total. The lowest BCUT2D eigenvalue weighted by Crippen LogP contribution is -2.35. The van der Waals surface area contributed by atoms with E-state index in [2.05, 4.69) is 57.2 Å². The Balaban J connectivity index is 1.29. The zero-order valence-electron chi connectivity index (χ0n) is 23.2. The molecule has 0 N–H and O–H groups in total. The van der Waals surface area contributed by atoms with E-state index < -0.39 is 5.60 Å². The van der Waals surface area contributed by atoms with Crippen LogP contribution in [0.3, 0.4) is 0 Å². The first kappa shape index (κ1) is 23.9. The molecule has 41 heavy (non-hydrogen) atoms. The first-order chi connectivity index (χ1) is 19.9. The summed E-state index contributed by atoms with van der Waals surface area (Å²) in [7, 11) is 0. The minimum Gasteiger partial charge on any atom is -0.482 e. The molecule has 3 aromatic carbocycles. The van der Waals surface area contributed by atoms with Gasteiger partial charge in [0.1, 0.15) is 17.0 Å². The second-order valence-corrected chi connectivity index (χ2v) is 11.7. The minimum absolute atomic E-state index is 0.110. The third-order valence-corrected chi connectivity index (χ3v) is 8.76. The van der Waals surface area contributed by atoms with Crippen molar-refractivity contribution >= 4 is 5.57 Å². The Morgan fingerprint density at radius 1 is 0.707 bits per heavy atom. The molecule has 0 radical (unpaired) electrons. The van der Waals surface area contributed by atoms with Gasteiger partial charge in [0.2, 0.25) is 0 Å². The van der Waals surface area contributed by atoms with E-state index in [1.807, 2.05) is 72.9 Å². The van der Waals surface area contributed by atoms with Gasteiger partial charge >= 0.3 is 0 Å². The lowest BCUT2D eigenvalue weighted by atomic mass is 9.72. The molecule has 0 saturated heterocycles. The minimum atomic E-state index is -0.428. The maximum atomic E-state index is 6.52. The van der Waals surface area contributed by atoms with Crippen LogP contribution in [-0.2, 0) is 5.41 Å². The van der Waals surface area contributed by atoms with Crippen LogP contribution in [0.5, 0.6) is 5.75 Å². The van der Waals surface area contributed by atoms with Crippen LogP contribution in [0.1, 0.15) is 43.4 Å². The second kappa shape index (κ2) is 8.55. The Labute approximate surface area is 239 Å². The third kappa shape index (κ3) is 3.55. The highest BCUT2D eigenvalue weighted by atomic mass is 16.5. The van der Waals surface area contributed by atoms with E-state index in [0.29, 0.717) is 17.5 Å². The molecule has 0 spiro atoms. The normalized spacial score (nSPS) is 21.1. The van der Waals surface area contributed by atoms with Gasteiger partial charge < -0.3 is 4.74 Å². The molecule has 0 amide bonds. The number of para-hydroxylation sites is 1. The Morgan fingerprint density at radius 3 is 2.00 bits per heavy atom. The van der Waals surface area contributed by atoms with E-state index in [4.69, 9.17) is 24.7 Å². The van der Waals surface area contributed by atoms with Gasteiger partial charge in [0.15, 0.2) is 17.5 Å². The summed E-state index contributed by atoms with van der Waals surface area (Å²) in [6.45, 7) is 6.78. The first-order valence-electron chi connectivity index (χ1n) is 14.0. The molecule has 0 fully saturated rings. The van der Waals surface area contributed by atoms with Crippen molar-refractivity contribution in [2.24, 2.45) is 0 Å². The molecule has 198 valence electrons. The number of nitrogens with zero attached hydrogens (tertiary/aromatic N) is 4. The van der Waals surface area contributed by atoms with Crippen molar-refractivity contribution in [2.45, 2.75) is 37.7 Å². The zero-order valence-corrected chi connectivity index (χ0v) is 23.2. The molecule has 5 aromatic rings. The van der Waals surface area contributed by atoms with E-state index >= 15 is 0 Å². The molecular weight excluding hydrogens is 504 g/mol. The Hall–Kier alpha value is -4.90. The monoisotopic (exact) mass is 532 g/mol. The molecule has 3 heterocycles. The quantitative estimate of drug-likeness (QED) is 0.237. The lowest BCUT2D eigenvalue weighted by Gasteiger charge is -2.34. The van der Waals surface area contributed by atoms with E-state index in [1.54, 1.807) is 0 Å². The summed E-state index contributed by atoms with van der Waals surface area (Å²) < 4.78 is 6.52. The third-order valence-electron chi connectivity index (χ3n) is 8.76. The highest BCUT2D eigenvalue weighted by Gasteiger charge is 2.52. The molecular formula is C36H28N4O. The van der Waals surface area contributed by atoms with Crippen LogP contribution in [0, 0.1) is 0 Å².